The summed E-state index contributed by atoms with van der Waals surface area (Å²) in [5, 5.41) is 10.9. The van der Waals surface area contributed by atoms with E-state index in [-0.39, 0.29) is 34.8 Å². The maximum atomic E-state index is 13.1. The van der Waals surface area contributed by atoms with E-state index in [4.69, 9.17) is 28.4 Å². The lowest BCUT2D eigenvalue weighted by atomic mass is 9.88. The van der Waals surface area contributed by atoms with Gasteiger partial charge in [-0.05, 0) is 42.1 Å². The van der Waals surface area contributed by atoms with E-state index in [1.807, 2.05) is 0 Å². The monoisotopic (exact) mass is 470 g/mol. The molecule has 0 amide bonds. The fourth-order valence-corrected chi connectivity index (χ4v) is 3.90. The standard InChI is InChI=1S/C25H26O9/c1-7-34-25(28)21-15(24(26)27)10-14-12-18(31-4)22(32-5)23(33-6)20(14)19(21)13-8-9-16(29-2)17(11-13)30-3/h8-12H,7H2,1-6H3,(H,26,27). The number of methoxy groups -OCH3 is 5. The molecule has 0 atom stereocenters. The van der Waals surface area contributed by atoms with Gasteiger partial charge in [0.05, 0.1) is 53.3 Å². The van der Waals surface area contributed by atoms with Crippen LogP contribution in [0.2, 0.25) is 0 Å². The van der Waals surface area contributed by atoms with Gasteiger partial charge in [0, 0.05) is 10.9 Å². The van der Waals surface area contributed by atoms with Gasteiger partial charge in [0.15, 0.2) is 23.0 Å². The van der Waals surface area contributed by atoms with E-state index in [9.17, 15) is 14.7 Å². The van der Waals surface area contributed by atoms with Crippen molar-refractivity contribution in [1.82, 2.24) is 0 Å². The van der Waals surface area contributed by atoms with E-state index in [0.717, 1.165) is 0 Å². The van der Waals surface area contributed by atoms with Crippen LogP contribution < -0.4 is 23.7 Å². The number of carbonyl (C=O) groups excluding carboxylic acids is 1. The normalized spacial score (nSPS) is 10.5. The molecule has 0 saturated carbocycles. The Balaban J connectivity index is 2.63. The largest absolute Gasteiger partial charge is 0.493 e. The lowest BCUT2D eigenvalue weighted by Crippen LogP contribution is -2.14. The summed E-state index contributed by atoms with van der Waals surface area (Å²) in [7, 11) is 7.35. The summed E-state index contributed by atoms with van der Waals surface area (Å²) in [4.78, 5) is 25.4. The molecule has 9 nitrogen and oxygen atoms in total. The molecule has 0 fully saturated rings. The molecule has 0 radical (unpaired) electrons. The zero-order valence-electron chi connectivity index (χ0n) is 19.8. The predicted molar refractivity (Wildman–Crippen MR) is 125 cm³/mol. The van der Waals surface area contributed by atoms with Crippen molar-refractivity contribution in [3.05, 3.63) is 41.5 Å². The molecular formula is C25H26O9. The molecule has 1 N–H and O–H groups in total. The number of ether oxygens (including phenoxy) is 6. The minimum Gasteiger partial charge on any atom is -0.493 e. The van der Waals surface area contributed by atoms with E-state index >= 15 is 0 Å². The van der Waals surface area contributed by atoms with Gasteiger partial charge in [-0.3, -0.25) is 0 Å². The number of carbonyl (C=O) groups is 2. The molecule has 0 aliphatic carbocycles. The molecule has 0 aliphatic rings. The lowest BCUT2D eigenvalue weighted by molar-refractivity contribution is 0.0515. The van der Waals surface area contributed by atoms with Crippen LogP contribution >= 0.6 is 0 Å². The van der Waals surface area contributed by atoms with Crippen molar-refractivity contribution < 1.29 is 43.1 Å². The SMILES string of the molecule is CCOC(=O)c1c(C(=O)O)cc2cc(OC)c(OC)c(OC)c2c1-c1ccc(OC)c(OC)c1. The van der Waals surface area contributed by atoms with Gasteiger partial charge >= 0.3 is 11.9 Å². The van der Waals surface area contributed by atoms with Gasteiger partial charge in [0.1, 0.15) is 0 Å². The summed E-state index contributed by atoms with van der Waals surface area (Å²) in [6.45, 7) is 1.70. The van der Waals surface area contributed by atoms with Gasteiger partial charge in [-0.2, -0.15) is 0 Å². The van der Waals surface area contributed by atoms with Gasteiger partial charge < -0.3 is 33.5 Å². The van der Waals surface area contributed by atoms with Crippen LogP contribution in [0.25, 0.3) is 21.9 Å². The molecule has 3 aromatic rings. The van der Waals surface area contributed by atoms with Crippen molar-refractivity contribution in [2.45, 2.75) is 6.92 Å². The molecule has 0 spiro atoms. The van der Waals surface area contributed by atoms with Crippen LogP contribution in [0.1, 0.15) is 27.6 Å². The Hall–Kier alpha value is -4.14. The quantitative estimate of drug-likeness (QED) is 0.454. The highest BCUT2D eigenvalue weighted by Crippen LogP contribution is 2.49. The van der Waals surface area contributed by atoms with Crippen molar-refractivity contribution >= 4 is 22.7 Å². The predicted octanol–water partition coefficient (Wildman–Crippen LogP) is 4.42. The Morgan fingerprint density at radius 2 is 1.44 bits per heavy atom. The Morgan fingerprint density at radius 3 is 1.97 bits per heavy atom. The Labute approximate surface area is 196 Å². The minimum atomic E-state index is -1.29. The van der Waals surface area contributed by atoms with Crippen LogP contribution in [0.15, 0.2) is 30.3 Å². The third kappa shape index (κ3) is 4.12. The third-order valence-corrected chi connectivity index (χ3v) is 5.31. The number of benzene rings is 3. The third-order valence-electron chi connectivity index (χ3n) is 5.31. The molecule has 3 rings (SSSR count). The highest BCUT2D eigenvalue weighted by Gasteiger charge is 2.30. The number of aromatic carboxylic acids is 1. The minimum absolute atomic E-state index is 0.0599. The molecule has 0 aliphatic heterocycles. The summed E-state index contributed by atoms with van der Waals surface area (Å²) >= 11 is 0. The van der Waals surface area contributed by atoms with Crippen molar-refractivity contribution in [3.63, 3.8) is 0 Å². The van der Waals surface area contributed by atoms with Crippen LogP contribution in [0.3, 0.4) is 0 Å². The molecule has 0 saturated heterocycles. The van der Waals surface area contributed by atoms with Gasteiger partial charge in [-0.1, -0.05) is 6.07 Å². The fraction of sp³-hybridized carbons (Fsp3) is 0.280. The summed E-state index contributed by atoms with van der Waals surface area (Å²) in [5.74, 6) is -0.326. The molecule has 0 aromatic heterocycles. The zero-order valence-corrected chi connectivity index (χ0v) is 19.8. The maximum Gasteiger partial charge on any atom is 0.339 e. The summed E-state index contributed by atoms with van der Waals surface area (Å²) in [6.07, 6.45) is 0. The number of carboxylic acid groups (broad SMARTS) is 1. The molecule has 180 valence electrons. The van der Waals surface area contributed by atoms with Crippen LogP contribution in [-0.4, -0.2) is 59.2 Å². The van der Waals surface area contributed by atoms with E-state index in [2.05, 4.69) is 0 Å². The van der Waals surface area contributed by atoms with E-state index in [1.54, 1.807) is 31.2 Å². The summed E-state index contributed by atoms with van der Waals surface area (Å²) in [6, 6.07) is 8.02. The molecule has 34 heavy (non-hydrogen) atoms. The van der Waals surface area contributed by atoms with Crippen LogP contribution in [0, 0.1) is 0 Å². The first kappa shape index (κ1) is 24.5. The van der Waals surface area contributed by atoms with Crippen molar-refractivity contribution in [1.29, 1.82) is 0 Å². The average molecular weight is 470 g/mol. The van der Waals surface area contributed by atoms with Gasteiger partial charge in [0.2, 0.25) is 5.75 Å². The zero-order chi connectivity index (χ0) is 25.0. The second kappa shape index (κ2) is 10.2. The number of fused-ring (bicyclic) bond motifs is 1. The van der Waals surface area contributed by atoms with Crippen molar-refractivity contribution in [2.75, 3.05) is 42.2 Å². The number of rotatable bonds is 9. The number of esters is 1. The van der Waals surface area contributed by atoms with Crippen LogP contribution in [0.4, 0.5) is 0 Å². The van der Waals surface area contributed by atoms with Gasteiger partial charge in [-0.25, -0.2) is 9.59 Å². The van der Waals surface area contributed by atoms with Crippen LogP contribution in [-0.2, 0) is 4.74 Å². The average Bonchev–Trinajstić information content (AvgIpc) is 2.85. The molecular weight excluding hydrogens is 444 g/mol. The molecule has 0 unspecified atom stereocenters. The number of hydrogen-bond donors (Lipinski definition) is 1. The molecule has 3 aromatic carbocycles. The fourth-order valence-electron chi connectivity index (χ4n) is 3.90. The topological polar surface area (TPSA) is 110 Å². The van der Waals surface area contributed by atoms with Crippen LogP contribution in [0.5, 0.6) is 28.7 Å². The molecule has 9 heteroatoms. The maximum absolute atomic E-state index is 13.1. The van der Waals surface area contributed by atoms with Gasteiger partial charge in [-0.15, -0.1) is 0 Å². The summed E-state index contributed by atoms with van der Waals surface area (Å²) in [5.41, 5.74) is 0.413. The first-order chi connectivity index (χ1) is 16.4. The Morgan fingerprint density at radius 1 is 0.794 bits per heavy atom. The van der Waals surface area contributed by atoms with Crippen molar-refractivity contribution in [3.8, 4) is 39.9 Å². The lowest BCUT2D eigenvalue weighted by Gasteiger charge is -2.21. The molecule has 0 bridgehead atoms. The summed E-state index contributed by atoms with van der Waals surface area (Å²) < 4.78 is 32.7. The second-order valence-electron chi connectivity index (χ2n) is 7.01. The van der Waals surface area contributed by atoms with E-state index < -0.39 is 11.9 Å². The highest BCUT2D eigenvalue weighted by molar-refractivity contribution is 6.17. The highest BCUT2D eigenvalue weighted by atomic mass is 16.5. The molecule has 0 heterocycles. The number of hydrogen-bond acceptors (Lipinski definition) is 8. The second-order valence-corrected chi connectivity index (χ2v) is 7.01. The van der Waals surface area contributed by atoms with Crippen molar-refractivity contribution in [2.24, 2.45) is 0 Å². The van der Waals surface area contributed by atoms with Gasteiger partial charge in [0.25, 0.3) is 0 Å². The number of carboxylic acids is 1. The smallest absolute Gasteiger partial charge is 0.339 e. The Kier molecular flexibility index (Phi) is 7.35. The van der Waals surface area contributed by atoms with E-state index in [0.29, 0.717) is 33.6 Å². The Bertz CT molecular complexity index is 1250. The first-order valence-electron chi connectivity index (χ1n) is 10.3. The van der Waals surface area contributed by atoms with E-state index in [1.165, 1.54) is 41.6 Å². The first-order valence-corrected chi connectivity index (χ1v) is 10.3.